The van der Waals surface area contributed by atoms with Crippen LogP contribution in [0, 0.1) is 6.92 Å². The van der Waals surface area contributed by atoms with E-state index in [1.807, 2.05) is 60.8 Å². The highest BCUT2D eigenvalue weighted by Crippen LogP contribution is 2.35. The van der Waals surface area contributed by atoms with Gasteiger partial charge >= 0.3 is 0 Å². The van der Waals surface area contributed by atoms with Crippen molar-refractivity contribution >= 4 is 45.8 Å². The minimum Gasteiger partial charge on any atom is -0.372 e. The fourth-order valence-electron chi connectivity index (χ4n) is 3.71. The van der Waals surface area contributed by atoms with Gasteiger partial charge in [0.2, 0.25) is 0 Å². The molecule has 158 valence electrons. The van der Waals surface area contributed by atoms with E-state index < -0.39 is 0 Å². The molecule has 0 aliphatic carbocycles. The van der Waals surface area contributed by atoms with Gasteiger partial charge in [-0.25, -0.2) is 4.90 Å². The van der Waals surface area contributed by atoms with Crippen molar-refractivity contribution in [1.29, 1.82) is 0 Å². The van der Waals surface area contributed by atoms with E-state index in [1.165, 1.54) is 16.2 Å². The topological polar surface area (TPSA) is 52.7 Å². The lowest BCUT2D eigenvalue weighted by molar-refractivity contribution is -0.120. The van der Waals surface area contributed by atoms with Gasteiger partial charge in [-0.05, 0) is 68.6 Å². The number of thiophene rings is 1. The van der Waals surface area contributed by atoms with Gasteiger partial charge in [0, 0.05) is 29.3 Å². The van der Waals surface area contributed by atoms with Gasteiger partial charge in [0.15, 0.2) is 0 Å². The standard InChI is InChI=1S/C25H25N3O2S/c1-4-27(5-2)19-14-10-18(11-15-19)26-23-22(21-7-6-16-31-21)24(29)28(25(23)30)20-12-8-17(3)9-13-20/h6-16,26H,4-5H2,1-3H3. The maximum Gasteiger partial charge on any atom is 0.282 e. The molecular formula is C25H25N3O2S. The number of hydrogen-bond acceptors (Lipinski definition) is 5. The average molecular weight is 432 g/mol. The highest BCUT2D eigenvalue weighted by molar-refractivity contribution is 7.11. The predicted molar refractivity (Wildman–Crippen MR) is 129 cm³/mol. The van der Waals surface area contributed by atoms with E-state index in [4.69, 9.17) is 0 Å². The van der Waals surface area contributed by atoms with Gasteiger partial charge in [0.05, 0.1) is 11.3 Å². The highest BCUT2D eigenvalue weighted by Gasteiger charge is 2.40. The SMILES string of the molecule is CCN(CC)c1ccc(NC2=C(c3cccs3)C(=O)N(c3ccc(C)cc3)C2=O)cc1. The largest absolute Gasteiger partial charge is 0.372 e. The fourth-order valence-corrected chi connectivity index (χ4v) is 4.48. The van der Waals surface area contributed by atoms with Crippen LogP contribution in [0.1, 0.15) is 24.3 Å². The van der Waals surface area contributed by atoms with Crippen LogP contribution in [-0.2, 0) is 9.59 Å². The molecule has 1 aromatic heterocycles. The molecule has 31 heavy (non-hydrogen) atoms. The molecule has 0 unspecified atom stereocenters. The van der Waals surface area contributed by atoms with Crippen LogP contribution in [0.25, 0.3) is 5.57 Å². The molecule has 4 rings (SSSR count). The third kappa shape index (κ3) is 3.99. The lowest BCUT2D eigenvalue weighted by Gasteiger charge is -2.21. The molecule has 0 radical (unpaired) electrons. The molecule has 6 heteroatoms. The van der Waals surface area contributed by atoms with Crippen LogP contribution in [0.4, 0.5) is 17.1 Å². The van der Waals surface area contributed by atoms with E-state index in [2.05, 4.69) is 24.1 Å². The summed E-state index contributed by atoms with van der Waals surface area (Å²) in [6, 6.07) is 19.1. The van der Waals surface area contributed by atoms with Crippen LogP contribution in [-0.4, -0.2) is 24.9 Å². The minimum atomic E-state index is -0.343. The Morgan fingerprint density at radius 1 is 0.903 bits per heavy atom. The van der Waals surface area contributed by atoms with Gasteiger partial charge in [-0.2, -0.15) is 0 Å². The lowest BCUT2D eigenvalue weighted by atomic mass is 10.1. The second-order valence-corrected chi connectivity index (χ2v) is 8.30. The first kappa shape index (κ1) is 20.9. The molecule has 1 N–H and O–H groups in total. The summed E-state index contributed by atoms with van der Waals surface area (Å²) in [7, 11) is 0. The molecule has 0 atom stereocenters. The van der Waals surface area contributed by atoms with Gasteiger partial charge in [-0.1, -0.05) is 23.8 Å². The number of hydrogen-bond donors (Lipinski definition) is 1. The summed E-state index contributed by atoms with van der Waals surface area (Å²) < 4.78 is 0. The number of nitrogens with one attached hydrogen (secondary N) is 1. The van der Waals surface area contributed by atoms with Crippen molar-refractivity contribution < 1.29 is 9.59 Å². The van der Waals surface area contributed by atoms with Crippen LogP contribution >= 0.6 is 11.3 Å². The summed E-state index contributed by atoms with van der Waals surface area (Å²) in [5.41, 5.74) is 4.26. The second kappa shape index (κ2) is 8.78. The molecule has 0 spiro atoms. The van der Waals surface area contributed by atoms with Crippen molar-refractivity contribution in [3.8, 4) is 0 Å². The van der Waals surface area contributed by atoms with Gasteiger partial charge in [0.1, 0.15) is 5.70 Å². The number of nitrogens with zero attached hydrogens (tertiary/aromatic N) is 2. The number of rotatable bonds is 7. The molecule has 1 aliphatic heterocycles. The first-order chi connectivity index (χ1) is 15.0. The monoisotopic (exact) mass is 431 g/mol. The lowest BCUT2D eigenvalue weighted by Crippen LogP contribution is -2.32. The van der Waals surface area contributed by atoms with Crippen LogP contribution in [0.3, 0.4) is 0 Å². The number of benzene rings is 2. The smallest absolute Gasteiger partial charge is 0.282 e. The first-order valence-electron chi connectivity index (χ1n) is 10.4. The second-order valence-electron chi connectivity index (χ2n) is 7.35. The summed E-state index contributed by atoms with van der Waals surface area (Å²) in [5.74, 6) is -0.649. The van der Waals surface area contributed by atoms with Crippen molar-refractivity contribution in [3.05, 3.63) is 82.2 Å². The molecule has 0 saturated carbocycles. The Morgan fingerprint density at radius 3 is 2.16 bits per heavy atom. The van der Waals surface area contributed by atoms with Crippen LogP contribution in [0.15, 0.2) is 71.7 Å². The quantitative estimate of drug-likeness (QED) is 0.516. The summed E-state index contributed by atoms with van der Waals surface area (Å²) >= 11 is 1.45. The Hall–Kier alpha value is -3.38. The third-order valence-electron chi connectivity index (χ3n) is 5.41. The molecule has 2 heterocycles. The summed E-state index contributed by atoms with van der Waals surface area (Å²) in [5, 5.41) is 5.14. The number of carbonyl (C=O) groups excluding carboxylic acids is 2. The summed E-state index contributed by atoms with van der Waals surface area (Å²) in [4.78, 5) is 31.0. The van der Waals surface area contributed by atoms with E-state index in [1.54, 1.807) is 12.1 Å². The van der Waals surface area contributed by atoms with Crippen molar-refractivity contribution in [2.75, 3.05) is 28.2 Å². The van der Waals surface area contributed by atoms with Crippen molar-refractivity contribution in [3.63, 3.8) is 0 Å². The normalized spacial score (nSPS) is 13.8. The van der Waals surface area contributed by atoms with Gasteiger partial charge in [-0.15, -0.1) is 11.3 Å². The zero-order valence-electron chi connectivity index (χ0n) is 17.9. The van der Waals surface area contributed by atoms with Crippen molar-refractivity contribution in [2.24, 2.45) is 0 Å². The number of anilines is 3. The van der Waals surface area contributed by atoms with Crippen LogP contribution in [0.5, 0.6) is 0 Å². The van der Waals surface area contributed by atoms with E-state index in [0.29, 0.717) is 17.0 Å². The van der Waals surface area contributed by atoms with E-state index in [9.17, 15) is 9.59 Å². The Labute approximate surface area is 186 Å². The Morgan fingerprint density at radius 2 is 1.58 bits per heavy atom. The maximum atomic E-state index is 13.4. The molecular weight excluding hydrogens is 406 g/mol. The van der Waals surface area contributed by atoms with Gasteiger partial charge in [0.25, 0.3) is 11.8 Å². The average Bonchev–Trinajstić information content (AvgIpc) is 3.38. The Balaban J connectivity index is 1.70. The van der Waals surface area contributed by atoms with Crippen molar-refractivity contribution in [1.82, 2.24) is 0 Å². The number of amides is 2. The summed E-state index contributed by atoms with van der Waals surface area (Å²) in [6.45, 7) is 8.07. The molecule has 3 aromatic rings. The first-order valence-corrected chi connectivity index (χ1v) is 11.3. The van der Waals surface area contributed by atoms with E-state index >= 15 is 0 Å². The molecule has 5 nitrogen and oxygen atoms in total. The molecule has 0 fully saturated rings. The zero-order chi connectivity index (χ0) is 22.0. The molecule has 2 aromatic carbocycles. The number of imide groups is 1. The van der Waals surface area contributed by atoms with Crippen molar-refractivity contribution in [2.45, 2.75) is 20.8 Å². The molecule has 0 bridgehead atoms. The van der Waals surface area contributed by atoms with Gasteiger partial charge in [-0.3, -0.25) is 9.59 Å². The summed E-state index contributed by atoms with van der Waals surface area (Å²) in [6.07, 6.45) is 0. The number of carbonyl (C=O) groups is 2. The molecule has 0 saturated heterocycles. The van der Waals surface area contributed by atoms with Gasteiger partial charge < -0.3 is 10.2 Å². The van der Waals surface area contributed by atoms with E-state index in [0.717, 1.165) is 34.9 Å². The minimum absolute atomic E-state index is 0.307. The number of aryl methyl sites for hydroxylation is 1. The molecule has 2 amide bonds. The Bertz CT molecular complexity index is 1110. The van der Waals surface area contributed by atoms with Crippen LogP contribution in [0.2, 0.25) is 0 Å². The Kier molecular flexibility index (Phi) is 5.91. The fraction of sp³-hybridized carbons (Fsp3) is 0.200. The molecule has 1 aliphatic rings. The maximum absolute atomic E-state index is 13.4. The highest BCUT2D eigenvalue weighted by atomic mass is 32.1. The van der Waals surface area contributed by atoms with E-state index in [-0.39, 0.29) is 11.8 Å². The zero-order valence-corrected chi connectivity index (χ0v) is 18.7. The third-order valence-corrected chi connectivity index (χ3v) is 6.30. The predicted octanol–water partition coefficient (Wildman–Crippen LogP) is 5.30. The van der Waals surface area contributed by atoms with Crippen LogP contribution < -0.4 is 15.1 Å².